The summed E-state index contributed by atoms with van der Waals surface area (Å²) < 4.78 is 42.8. The molecule has 1 saturated heterocycles. The Hall–Kier alpha value is -3.22. The van der Waals surface area contributed by atoms with E-state index in [9.17, 15) is 13.5 Å². The number of hydrogen-bond donors (Lipinski definition) is 2. The molecule has 204 valence electrons. The summed E-state index contributed by atoms with van der Waals surface area (Å²) >= 11 is 1.57. The molecule has 1 aliphatic heterocycles. The Labute approximate surface area is 232 Å². The van der Waals surface area contributed by atoms with Crippen molar-refractivity contribution in [3.05, 3.63) is 102 Å². The van der Waals surface area contributed by atoms with Crippen LogP contribution >= 0.6 is 11.8 Å². The summed E-state index contributed by atoms with van der Waals surface area (Å²) in [6.07, 6.45) is 0.592. The number of benzene rings is 3. The van der Waals surface area contributed by atoms with E-state index in [4.69, 9.17) is 9.47 Å². The fraction of sp³-hybridized carbons (Fsp3) is 0.286. The minimum Gasteiger partial charge on any atom is -0.392 e. The monoisotopic (exact) mass is 566 g/mol. The zero-order valence-corrected chi connectivity index (χ0v) is 23.2. The first-order chi connectivity index (χ1) is 18.8. The number of aliphatic hydroxyl groups excluding tert-OH is 1. The van der Waals surface area contributed by atoms with Gasteiger partial charge in [0.05, 0.1) is 23.7 Å². The largest absolute Gasteiger partial charge is 0.392 e. The molecule has 0 radical (unpaired) electrons. The van der Waals surface area contributed by atoms with Crippen LogP contribution in [0.15, 0.2) is 95.2 Å². The molecular formula is C28H30N4O5S2. The number of aryl methyl sites for hydroxylation is 1. The van der Waals surface area contributed by atoms with Gasteiger partial charge in [0.2, 0.25) is 0 Å². The number of sulfonamides is 1. The first kappa shape index (κ1) is 27.4. The maximum Gasteiger partial charge on any atom is 0.261 e. The van der Waals surface area contributed by atoms with Crippen LogP contribution in [0.25, 0.3) is 0 Å². The van der Waals surface area contributed by atoms with Gasteiger partial charge in [0.15, 0.2) is 11.4 Å². The van der Waals surface area contributed by atoms with E-state index in [1.807, 2.05) is 48.0 Å². The quantitative estimate of drug-likeness (QED) is 0.280. The van der Waals surface area contributed by atoms with Gasteiger partial charge in [-0.1, -0.05) is 73.3 Å². The molecule has 0 saturated carbocycles. The number of nitrogens with one attached hydrogen (secondary N) is 1. The van der Waals surface area contributed by atoms with E-state index in [0.29, 0.717) is 11.4 Å². The van der Waals surface area contributed by atoms with Gasteiger partial charge < -0.3 is 19.1 Å². The van der Waals surface area contributed by atoms with Crippen molar-refractivity contribution >= 4 is 27.5 Å². The number of rotatable bonds is 9. The molecule has 1 aromatic heterocycles. The predicted molar refractivity (Wildman–Crippen MR) is 148 cm³/mol. The minimum atomic E-state index is -3.70. The van der Waals surface area contributed by atoms with Crippen molar-refractivity contribution < 1.29 is 23.0 Å². The second-order valence-corrected chi connectivity index (χ2v) is 12.1. The Morgan fingerprint density at radius 1 is 0.974 bits per heavy atom. The number of hydrogen-bond acceptors (Lipinski definition) is 8. The average molecular weight is 567 g/mol. The Kier molecular flexibility index (Phi) is 8.34. The molecule has 0 spiro atoms. The Morgan fingerprint density at radius 2 is 1.67 bits per heavy atom. The lowest BCUT2D eigenvalue weighted by molar-refractivity contribution is -0.268. The maximum absolute atomic E-state index is 12.7. The lowest BCUT2D eigenvalue weighted by atomic mass is 9.91. The molecule has 2 N–H and O–H groups in total. The van der Waals surface area contributed by atoms with E-state index in [1.165, 1.54) is 0 Å². The fourth-order valence-corrected chi connectivity index (χ4v) is 6.52. The van der Waals surface area contributed by atoms with E-state index in [1.54, 1.807) is 60.6 Å². The second kappa shape index (κ2) is 11.9. The van der Waals surface area contributed by atoms with Gasteiger partial charge in [-0.2, -0.15) is 0 Å². The third-order valence-corrected chi connectivity index (χ3v) is 9.18. The number of ether oxygens (including phenoxy) is 2. The lowest BCUT2D eigenvalue weighted by Gasteiger charge is -2.41. The Balaban J connectivity index is 1.36. The van der Waals surface area contributed by atoms with Crippen LogP contribution in [0.3, 0.4) is 0 Å². The van der Waals surface area contributed by atoms with E-state index in [2.05, 4.69) is 21.8 Å². The van der Waals surface area contributed by atoms with Crippen LogP contribution in [0, 0.1) is 5.92 Å². The standard InChI is InChI=1S/C28H30N4O5S2/c1-19-25(17-38-28-30-29-18-32(28)2)36-27(37-26(19)21-10-8-20(16-33)9-11-21)22-12-14-23(15-13-22)31-39(34,35)24-6-4-3-5-7-24/h3-15,18-19,25-27,31,33H,16-17H2,1-2H3/t19-,25+,26+,27+/m0/s1. The molecule has 5 rings (SSSR count). The molecule has 4 atom stereocenters. The zero-order valence-electron chi connectivity index (χ0n) is 21.5. The van der Waals surface area contributed by atoms with E-state index >= 15 is 0 Å². The smallest absolute Gasteiger partial charge is 0.261 e. The van der Waals surface area contributed by atoms with Crippen LogP contribution in [-0.4, -0.2) is 40.1 Å². The van der Waals surface area contributed by atoms with Crippen molar-refractivity contribution in [1.29, 1.82) is 0 Å². The summed E-state index contributed by atoms with van der Waals surface area (Å²) in [5.41, 5.74) is 3.04. The Morgan fingerprint density at radius 3 is 2.31 bits per heavy atom. The van der Waals surface area contributed by atoms with Gasteiger partial charge in [0, 0.05) is 30.0 Å². The SMILES string of the molecule is C[C@H]1[C@@H](CSc2nncn2C)O[C@@H](c2ccc(NS(=O)(=O)c3ccccc3)cc2)O[C@H]1c1ccc(CO)cc1. The first-order valence-corrected chi connectivity index (χ1v) is 15.0. The summed E-state index contributed by atoms with van der Waals surface area (Å²) in [4.78, 5) is 0.195. The van der Waals surface area contributed by atoms with Crippen molar-refractivity contribution in [2.24, 2.45) is 13.0 Å². The van der Waals surface area contributed by atoms with Crippen LogP contribution in [-0.2, 0) is 33.2 Å². The van der Waals surface area contributed by atoms with E-state index < -0.39 is 16.3 Å². The van der Waals surface area contributed by atoms with E-state index in [-0.39, 0.29) is 29.6 Å². The summed E-state index contributed by atoms with van der Waals surface area (Å²) in [5, 5.41) is 18.4. The van der Waals surface area contributed by atoms with Crippen molar-refractivity contribution in [2.75, 3.05) is 10.5 Å². The highest BCUT2D eigenvalue weighted by atomic mass is 32.2. The summed E-state index contributed by atoms with van der Waals surface area (Å²) in [6.45, 7) is 2.08. The molecule has 9 nitrogen and oxygen atoms in total. The molecule has 0 bridgehead atoms. The normalized spacial score (nSPS) is 21.5. The van der Waals surface area contributed by atoms with Gasteiger partial charge in [-0.3, -0.25) is 4.72 Å². The van der Waals surface area contributed by atoms with Crippen molar-refractivity contribution in [3.8, 4) is 0 Å². The van der Waals surface area contributed by atoms with Crippen LogP contribution in [0.1, 0.15) is 36.0 Å². The highest BCUT2D eigenvalue weighted by Crippen LogP contribution is 2.43. The first-order valence-electron chi connectivity index (χ1n) is 12.5. The molecule has 39 heavy (non-hydrogen) atoms. The summed E-state index contributed by atoms with van der Waals surface area (Å²) in [5.74, 6) is 0.673. The molecule has 0 amide bonds. The maximum atomic E-state index is 12.7. The summed E-state index contributed by atoms with van der Waals surface area (Å²) in [7, 11) is -1.79. The van der Waals surface area contributed by atoms with Gasteiger partial charge in [0.1, 0.15) is 6.33 Å². The second-order valence-electron chi connectivity index (χ2n) is 9.40. The number of anilines is 1. The third-order valence-electron chi connectivity index (χ3n) is 6.66. The van der Waals surface area contributed by atoms with Gasteiger partial charge in [0.25, 0.3) is 10.0 Å². The van der Waals surface area contributed by atoms with Gasteiger partial charge in [-0.15, -0.1) is 10.2 Å². The van der Waals surface area contributed by atoms with E-state index in [0.717, 1.165) is 21.8 Å². The van der Waals surface area contributed by atoms with Gasteiger partial charge >= 0.3 is 0 Å². The highest BCUT2D eigenvalue weighted by Gasteiger charge is 2.38. The van der Waals surface area contributed by atoms with Crippen LogP contribution in [0.4, 0.5) is 5.69 Å². The molecule has 0 aliphatic carbocycles. The van der Waals surface area contributed by atoms with Crippen LogP contribution in [0.2, 0.25) is 0 Å². The van der Waals surface area contributed by atoms with Crippen molar-refractivity contribution in [1.82, 2.24) is 14.8 Å². The van der Waals surface area contributed by atoms with Gasteiger partial charge in [-0.25, -0.2) is 8.42 Å². The number of aliphatic hydroxyl groups is 1. The third kappa shape index (κ3) is 6.34. The average Bonchev–Trinajstić information content (AvgIpc) is 3.37. The van der Waals surface area contributed by atoms with Gasteiger partial charge in [-0.05, 0) is 35.4 Å². The predicted octanol–water partition coefficient (Wildman–Crippen LogP) is 4.69. The van der Waals surface area contributed by atoms with Crippen LogP contribution in [0.5, 0.6) is 0 Å². The summed E-state index contributed by atoms with van der Waals surface area (Å²) in [6, 6.07) is 23.0. The highest BCUT2D eigenvalue weighted by molar-refractivity contribution is 7.99. The molecule has 1 aliphatic rings. The topological polar surface area (TPSA) is 116 Å². The number of aromatic nitrogens is 3. The molecule has 0 unspecified atom stereocenters. The molecule has 2 heterocycles. The fourth-order valence-electron chi connectivity index (χ4n) is 4.39. The molecule has 4 aromatic rings. The molecule has 11 heteroatoms. The lowest BCUT2D eigenvalue weighted by Crippen LogP contribution is -2.38. The number of thioether (sulfide) groups is 1. The molecular weight excluding hydrogens is 536 g/mol. The van der Waals surface area contributed by atoms with Crippen molar-refractivity contribution in [3.63, 3.8) is 0 Å². The molecule has 1 fully saturated rings. The Bertz CT molecular complexity index is 1480. The molecule has 3 aromatic carbocycles. The zero-order chi connectivity index (χ0) is 27.4. The number of nitrogens with zero attached hydrogens (tertiary/aromatic N) is 3. The van der Waals surface area contributed by atoms with Crippen molar-refractivity contribution in [2.45, 2.75) is 42.1 Å². The minimum absolute atomic E-state index is 0.0234. The van der Waals surface area contributed by atoms with Crippen LogP contribution < -0.4 is 4.72 Å².